The maximum atomic E-state index is 2.43. The molecule has 0 unspecified atom stereocenters. The highest BCUT2D eigenvalue weighted by molar-refractivity contribution is 7.16. The number of rotatable bonds is 8. The quantitative estimate of drug-likeness (QED) is 0.144. The van der Waals surface area contributed by atoms with Gasteiger partial charge in [-0.15, -0.1) is 22.7 Å². The molecule has 4 heteroatoms. The molecule has 1 aliphatic carbocycles. The molecule has 9 aromatic carbocycles. The number of benzene rings is 9. The first kappa shape index (κ1) is 44.2. The van der Waals surface area contributed by atoms with Crippen LogP contribution in [0.25, 0.3) is 116 Å². The van der Waals surface area contributed by atoms with E-state index in [2.05, 4.69) is 278 Å². The van der Waals surface area contributed by atoms with Crippen molar-refractivity contribution in [1.29, 1.82) is 0 Å². The van der Waals surface area contributed by atoms with E-state index in [1.54, 1.807) is 0 Å². The van der Waals surface area contributed by atoms with Gasteiger partial charge in [0, 0.05) is 57.2 Å². The zero-order valence-electron chi connectivity index (χ0n) is 41.2. The molecule has 352 valence electrons. The number of hydrogen-bond donors (Lipinski definition) is 0. The molecule has 0 aliphatic heterocycles. The normalized spacial score (nSPS) is 14.9. The highest BCUT2D eigenvalue weighted by atomic mass is 32.1. The number of thiophene rings is 2. The van der Waals surface area contributed by atoms with Crippen molar-refractivity contribution in [2.24, 2.45) is 0 Å². The van der Waals surface area contributed by atoms with Gasteiger partial charge >= 0.3 is 0 Å². The van der Waals surface area contributed by atoms with Crippen molar-refractivity contribution in [1.82, 2.24) is 9.13 Å². The number of para-hydroxylation sites is 2. The molecule has 4 heterocycles. The monoisotopic (exact) mass is 982 g/mol. The third-order valence-corrected chi connectivity index (χ3v) is 17.3. The van der Waals surface area contributed by atoms with Crippen molar-refractivity contribution in [3.8, 4) is 32.3 Å². The van der Waals surface area contributed by atoms with E-state index in [9.17, 15) is 0 Å². The van der Waals surface area contributed by atoms with Crippen LogP contribution in [0, 0.1) is 0 Å². The molecule has 0 atom stereocenters. The Labute approximate surface area is 439 Å². The van der Waals surface area contributed by atoms with Crippen LogP contribution in [0.1, 0.15) is 40.3 Å². The lowest BCUT2D eigenvalue weighted by molar-refractivity contribution is 0.658. The summed E-state index contributed by atoms with van der Waals surface area (Å²) in [7, 11) is 0. The molecule has 13 aromatic rings. The van der Waals surface area contributed by atoms with E-state index in [0.717, 1.165) is 6.42 Å². The highest BCUT2D eigenvalue weighted by Gasteiger charge is 2.23. The molecule has 14 rings (SSSR count). The van der Waals surface area contributed by atoms with Gasteiger partial charge in [0.1, 0.15) is 0 Å². The number of aromatic nitrogens is 2. The molecule has 0 fully saturated rings. The molecule has 4 aromatic heterocycles. The molecule has 74 heavy (non-hydrogen) atoms. The van der Waals surface area contributed by atoms with Crippen molar-refractivity contribution in [2.75, 3.05) is 0 Å². The van der Waals surface area contributed by atoms with Gasteiger partial charge in [0.15, 0.2) is 0 Å². The Balaban J connectivity index is 0.709. The van der Waals surface area contributed by atoms with E-state index in [-0.39, 0.29) is 5.41 Å². The van der Waals surface area contributed by atoms with E-state index >= 15 is 0 Å². The minimum atomic E-state index is -0.170. The van der Waals surface area contributed by atoms with Gasteiger partial charge < -0.3 is 9.13 Å². The SMILES string of the molecule is CC1(C)/C=C(/C=C/c2ccc(-c3ccc4c(c3)c3ccccc3n4-c3cccc4ccccc34)s2)\C=C/Cc2ccc(/C=C/c3ccc(-c4ccc5c(c4)c4ccccc4n5-c4cccc5ccccc45)s3)cc21. The van der Waals surface area contributed by atoms with Crippen LogP contribution in [0.5, 0.6) is 0 Å². The smallest absolute Gasteiger partial charge is 0.0541 e. The number of nitrogens with zero attached hydrogens (tertiary/aromatic N) is 2. The van der Waals surface area contributed by atoms with Crippen LogP contribution in [-0.4, -0.2) is 9.13 Å². The lowest BCUT2D eigenvalue weighted by Gasteiger charge is -2.27. The summed E-state index contributed by atoms with van der Waals surface area (Å²) in [5, 5.41) is 10.1. The van der Waals surface area contributed by atoms with Gasteiger partial charge in [0.05, 0.1) is 33.4 Å². The molecule has 0 radical (unpaired) electrons. The molecule has 0 saturated carbocycles. The van der Waals surface area contributed by atoms with Crippen molar-refractivity contribution < 1.29 is 0 Å². The molecule has 0 N–H and O–H groups in total. The minimum Gasteiger partial charge on any atom is -0.309 e. The first-order valence-electron chi connectivity index (χ1n) is 25.5. The van der Waals surface area contributed by atoms with E-state index in [4.69, 9.17) is 0 Å². The van der Waals surface area contributed by atoms with Gasteiger partial charge in [-0.3, -0.25) is 0 Å². The molecule has 0 saturated heterocycles. The molecule has 0 amide bonds. The van der Waals surface area contributed by atoms with Gasteiger partial charge in [-0.1, -0.05) is 184 Å². The molecular weight excluding hydrogens is 933 g/mol. The highest BCUT2D eigenvalue weighted by Crippen LogP contribution is 2.41. The standard InChI is InChI=1S/C70H50N2S2/c1-70(2)45-47(30-35-54-37-41-69(74-54)52-33-39-67-60(44-52)58-23-8-10-25-65(58)72(67)63-27-13-18-49-16-4-6-21-56(49)63)14-11-19-50-31-28-46(42-61(50)70)29-34-53-36-40-68(73-53)51-32-38-66-59(43-51)57-22-7-9-24-64(57)71(66)62-26-12-17-48-15-3-5-20-55(48)62/h3-18,20-45H,19H2,1-2H3/b14-11-,34-29+,35-30+,47-45+. The molecule has 2 nitrogen and oxygen atoms in total. The molecule has 0 bridgehead atoms. The Bertz CT molecular complexity index is 4490. The van der Waals surface area contributed by atoms with Crippen LogP contribution < -0.4 is 0 Å². The summed E-state index contributed by atoms with van der Waals surface area (Å²) in [5.74, 6) is 0. The molecule has 0 spiro atoms. The average molecular weight is 983 g/mol. The van der Waals surface area contributed by atoms with E-state index < -0.39 is 0 Å². The fourth-order valence-electron chi connectivity index (χ4n) is 11.6. The van der Waals surface area contributed by atoms with Crippen molar-refractivity contribution in [3.05, 3.63) is 269 Å². The number of allylic oxidation sites excluding steroid dienone is 5. The first-order valence-corrected chi connectivity index (χ1v) is 27.2. The Morgan fingerprint density at radius 2 is 0.919 bits per heavy atom. The number of fused-ring (bicyclic) bond motifs is 9. The first-order chi connectivity index (χ1) is 36.4. The zero-order chi connectivity index (χ0) is 49.3. The van der Waals surface area contributed by atoms with Crippen LogP contribution in [0.4, 0.5) is 0 Å². The van der Waals surface area contributed by atoms with Gasteiger partial charge in [0.25, 0.3) is 0 Å². The van der Waals surface area contributed by atoms with E-state index in [1.807, 2.05) is 22.7 Å². The van der Waals surface area contributed by atoms with Gasteiger partial charge in [-0.05, 0) is 136 Å². The van der Waals surface area contributed by atoms with Gasteiger partial charge in [0.2, 0.25) is 0 Å². The average Bonchev–Trinajstić information content (AvgIpc) is 4.25. The maximum Gasteiger partial charge on any atom is 0.0541 e. The van der Waals surface area contributed by atoms with Gasteiger partial charge in [-0.25, -0.2) is 0 Å². The fraction of sp³-hybridized carbons (Fsp3) is 0.0571. The van der Waals surface area contributed by atoms with Crippen molar-refractivity contribution in [2.45, 2.75) is 25.7 Å². The van der Waals surface area contributed by atoms with Crippen molar-refractivity contribution in [3.63, 3.8) is 0 Å². The van der Waals surface area contributed by atoms with Gasteiger partial charge in [-0.2, -0.15) is 0 Å². The maximum absolute atomic E-state index is 2.43. The lowest BCUT2D eigenvalue weighted by Crippen LogP contribution is -2.18. The Morgan fingerprint density at radius 3 is 1.50 bits per heavy atom. The van der Waals surface area contributed by atoms with Crippen LogP contribution >= 0.6 is 22.7 Å². The Hall–Kier alpha value is -8.54. The molecular formula is C70H50N2S2. The summed E-state index contributed by atoms with van der Waals surface area (Å²) in [4.78, 5) is 5.01. The largest absolute Gasteiger partial charge is 0.309 e. The topological polar surface area (TPSA) is 9.86 Å². The second-order valence-electron chi connectivity index (χ2n) is 20.1. The summed E-state index contributed by atoms with van der Waals surface area (Å²) in [5.41, 5.74) is 14.8. The lowest BCUT2D eigenvalue weighted by atomic mass is 9.77. The summed E-state index contributed by atoms with van der Waals surface area (Å²) in [6.45, 7) is 4.70. The van der Waals surface area contributed by atoms with Crippen LogP contribution in [-0.2, 0) is 11.8 Å². The number of hydrogen-bond acceptors (Lipinski definition) is 2. The van der Waals surface area contributed by atoms with Crippen molar-refractivity contribution >= 4 is 106 Å². The second-order valence-corrected chi connectivity index (χ2v) is 22.4. The summed E-state index contributed by atoms with van der Waals surface area (Å²) >= 11 is 3.69. The zero-order valence-corrected chi connectivity index (χ0v) is 42.8. The summed E-state index contributed by atoms with van der Waals surface area (Å²) < 4.78 is 4.87. The summed E-state index contributed by atoms with van der Waals surface area (Å²) in [6.07, 6.45) is 17.1. The third-order valence-electron chi connectivity index (χ3n) is 15.1. The second kappa shape index (κ2) is 17.9. The van der Waals surface area contributed by atoms with Crippen LogP contribution in [0.3, 0.4) is 0 Å². The summed E-state index contributed by atoms with van der Waals surface area (Å²) in [6, 6.07) is 78.2. The predicted molar refractivity (Wildman–Crippen MR) is 322 cm³/mol. The fourth-order valence-corrected chi connectivity index (χ4v) is 13.4. The minimum absolute atomic E-state index is 0.170. The Morgan fingerprint density at radius 1 is 0.419 bits per heavy atom. The van der Waals surface area contributed by atoms with E-state index in [0.29, 0.717) is 0 Å². The third kappa shape index (κ3) is 7.69. The molecule has 1 aliphatic rings. The Kier molecular flexibility index (Phi) is 10.7. The predicted octanol–water partition coefficient (Wildman–Crippen LogP) is 19.8. The van der Waals surface area contributed by atoms with E-state index in [1.165, 1.54) is 129 Å². The van der Waals surface area contributed by atoms with Crippen LogP contribution in [0.15, 0.2) is 242 Å². The van der Waals surface area contributed by atoms with Crippen LogP contribution in [0.2, 0.25) is 0 Å².